The van der Waals surface area contributed by atoms with Gasteiger partial charge in [-0.3, -0.25) is 0 Å². The molecule has 0 aliphatic rings. The topological polar surface area (TPSA) is 61.4 Å². The van der Waals surface area contributed by atoms with E-state index in [9.17, 15) is 8.42 Å². The first-order valence-corrected chi connectivity index (χ1v) is 7.17. The third kappa shape index (κ3) is 7.16. The van der Waals surface area contributed by atoms with Gasteiger partial charge in [-0.15, -0.1) is 0 Å². The van der Waals surface area contributed by atoms with Crippen LogP contribution in [0.15, 0.2) is 0 Å². The lowest BCUT2D eigenvalue weighted by molar-refractivity contribution is 0.411. The average molecular weight is 251 g/mol. The maximum Gasteiger partial charge on any atom is 0.215 e. The number of nitrogens with one attached hydrogen (secondary N) is 2. The van der Waals surface area contributed by atoms with Gasteiger partial charge in [-0.2, -0.15) is 0 Å². The summed E-state index contributed by atoms with van der Waals surface area (Å²) in [5, 5.41) is 2.72. The van der Waals surface area contributed by atoms with Gasteiger partial charge in [0, 0.05) is 25.7 Å². The van der Waals surface area contributed by atoms with Crippen molar-refractivity contribution in [1.29, 1.82) is 0 Å². The van der Waals surface area contributed by atoms with E-state index in [1.54, 1.807) is 6.92 Å². The van der Waals surface area contributed by atoms with Crippen molar-refractivity contribution in [2.75, 3.05) is 33.7 Å². The van der Waals surface area contributed by atoms with Gasteiger partial charge < -0.3 is 10.2 Å². The Balaban J connectivity index is 4.01. The van der Waals surface area contributed by atoms with Gasteiger partial charge in [0.25, 0.3) is 0 Å². The van der Waals surface area contributed by atoms with E-state index in [1.807, 2.05) is 32.8 Å². The molecule has 98 valence electrons. The molecule has 2 N–H and O–H groups in total. The van der Waals surface area contributed by atoms with Gasteiger partial charge >= 0.3 is 0 Å². The summed E-state index contributed by atoms with van der Waals surface area (Å²) in [7, 11) is 0.639. The average Bonchev–Trinajstić information content (AvgIpc) is 2.12. The minimum Gasteiger partial charge on any atom is -0.313 e. The third-order valence-electron chi connectivity index (χ3n) is 2.21. The van der Waals surface area contributed by atoms with Crippen molar-refractivity contribution in [3.8, 4) is 0 Å². The molecule has 0 spiro atoms. The van der Waals surface area contributed by atoms with E-state index in [0.717, 1.165) is 0 Å². The smallest absolute Gasteiger partial charge is 0.215 e. The Bertz CT molecular complexity index is 276. The number of rotatable bonds is 8. The molecule has 0 amide bonds. The van der Waals surface area contributed by atoms with Crippen LogP contribution in [0.1, 0.15) is 20.8 Å². The number of hydrogen-bond acceptors (Lipinski definition) is 4. The lowest BCUT2D eigenvalue weighted by Gasteiger charge is -2.17. The van der Waals surface area contributed by atoms with Crippen LogP contribution < -0.4 is 10.0 Å². The van der Waals surface area contributed by atoms with Crippen LogP contribution in [0.4, 0.5) is 0 Å². The van der Waals surface area contributed by atoms with Gasteiger partial charge in [0.2, 0.25) is 10.0 Å². The molecule has 0 aromatic heterocycles. The van der Waals surface area contributed by atoms with Gasteiger partial charge in [-0.05, 0) is 21.0 Å². The summed E-state index contributed by atoms with van der Waals surface area (Å²) < 4.78 is 26.1. The summed E-state index contributed by atoms with van der Waals surface area (Å²) >= 11 is 0. The van der Waals surface area contributed by atoms with E-state index in [-0.39, 0.29) is 0 Å². The summed E-state index contributed by atoms with van der Waals surface area (Å²) in [5.41, 5.74) is 0. The summed E-state index contributed by atoms with van der Waals surface area (Å²) in [5.74, 6) is 0. The number of sulfonamides is 1. The zero-order chi connectivity index (χ0) is 12.8. The summed E-state index contributed by atoms with van der Waals surface area (Å²) in [6.07, 6.45) is 0. The quantitative estimate of drug-likeness (QED) is 0.630. The van der Waals surface area contributed by atoms with E-state index >= 15 is 0 Å². The molecule has 0 saturated heterocycles. The molecular formula is C10H25N3O2S. The third-order valence-corrected chi connectivity index (χ3v) is 4.04. The van der Waals surface area contributed by atoms with Crippen LogP contribution in [-0.4, -0.2) is 58.3 Å². The summed E-state index contributed by atoms with van der Waals surface area (Å²) in [4.78, 5) is 1.94. The fourth-order valence-electron chi connectivity index (χ4n) is 1.07. The van der Waals surface area contributed by atoms with Crippen molar-refractivity contribution >= 4 is 10.0 Å². The predicted molar refractivity (Wildman–Crippen MR) is 68.1 cm³/mol. The van der Waals surface area contributed by atoms with Crippen LogP contribution in [0.3, 0.4) is 0 Å². The first-order chi connectivity index (χ1) is 7.25. The highest BCUT2D eigenvalue weighted by atomic mass is 32.2. The van der Waals surface area contributed by atoms with Crippen molar-refractivity contribution in [3.63, 3.8) is 0 Å². The van der Waals surface area contributed by atoms with Gasteiger partial charge in [-0.1, -0.05) is 13.8 Å². The molecular weight excluding hydrogens is 226 g/mol. The van der Waals surface area contributed by atoms with Gasteiger partial charge in [-0.25, -0.2) is 13.1 Å². The molecule has 0 saturated carbocycles. The molecule has 0 aromatic carbocycles. The second-order valence-corrected chi connectivity index (χ2v) is 6.80. The first-order valence-electron chi connectivity index (χ1n) is 5.62. The van der Waals surface area contributed by atoms with E-state index in [2.05, 4.69) is 10.0 Å². The SMILES string of the molecule is CC(C)NCC(C)S(=O)(=O)NCCN(C)C. The number of hydrogen-bond donors (Lipinski definition) is 2. The highest BCUT2D eigenvalue weighted by Gasteiger charge is 2.19. The van der Waals surface area contributed by atoms with Crippen LogP contribution in [0.25, 0.3) is 0 Å². The van der Waals surface area contributed by atoms with Gasteiger partial charge in [0.1, 0.15) is 0 Å². The maximum absolute atomic E-state index is 11.8. The molecule has 16 heavy (non-hydrogen) atoms. The summed E-state index contributed by atoms with van der Waals surface area (Å²) in [6, 6.07) is 0.305. The van der Waals surface area contributed by atoms with Crippen molar-refractivity contribution in [3.05, 3.63) is 0 Å². The van der Waals surface area contributed by atoms with Crippen LogP contribution in [-0.2, 0) is 10.0 Å². The van der Waals surface area contributed by atoms with E-state index in [1.165, 1.54) is 0 Å². The molecule has 0 fully saturated rings. The van der Waals surface area contributed by atoms with Gasteiger partial charge in [0.15, 0.2) is 0 Å². The Hall–Kier alpha value is -0.170. The Labute approximate surface area is 99.6 Å². The Morgan fingerprint density at radius 1 is 1.19 bits per heavy atom. The Morgan fingerprint density at radius 2 is 1.75 bits per heavy atom. The highest BCUT2D eigenvalue weighted by Crippen LogP contribution is 1.97. The molecule has 0 radical (unpaired) electrons. The monoisotopic (exact) mass is 251 g/mol. The zero-order valence-corrected chi connectivity index (χ0v) is 11.8. The molecule has 0 rings (SSSR count). The highest BCUT2D eigenvalue weighted by molar-refractivity contribution is 7.90. The fourth-order valence-corrected chi connectivity index (χ4v) is 2.04. The molecule has 1 atom stereocenters. The van der Waals surface area contributed by atoms with Crippen LogP contribution in [0, 0.1) is 0 Å². The lowest BCUT2D eigenvalue weighted by atomic mass is 10.3. The minimum atomic E-state index is -3.19. The Kier molecular flexibility index (Phi) is 7.14. The molecule has 1 unspecified atom stereocenters. The number of nitrogens with zero attached hydrogens (tertiary/aromatic N) is 1. The molecule has 0 aliphatic heterocycles. The minimum absolute atomic E-state index is 0.305. The van der Waals surface area contributed by atoms with Gasteiger partial charge in [0.05, 0.1) is 5.25 Å². The van der Waals surface area contributed by atoms with E-state index < -0.39 is 15.3 Å². The second kappa shape index (κ2) is 7.21. The maximum atomic E-state index is 11.8. The lowest BCUT2D eigenvalue weighted by Crippen LogP contribution is -2.42. The second-order valence-electron chi connectivity index (χ2n) is 4.62. The Morgan fingerprint density at radius 3 is 2.19 bits per heavy atom. The molecule has 0 heterocycles. The van der Waals surface area contributed by atoms with E-state index in [0.29, 0.717) is 25.7 Å². The standard InChI is InChI=1S/C10H25N3O2S/c1-9(2)11-8-10(3)16(14,15)12-6-7-13(4)5/h9-12H,6-8H2,1-5H3. The van der Waals surface area contributed by atoms with Crippen LogP contribution in [0.2, 0.25) is 0 Å². The summed E-state index contributed by atoms with van der Waals surface area (Å²) in [6.45, 7) is 7.37. The van der Waals surface area contributed by atoms with Crippen LogP contribution >= 0.6 is 0 Å². The van der Waals surface area contributed by atoms with Crippen molar-refractivity contribution in [1.82, 2.24) is 14.9 Å². The van der Waals surface area contributed by atoms with E-state index in [4.69, 9.17) is 0 Å². The first kappa shape index (κ1) is 15.8. The zero-order valence-electron chi connectivity index (χ0n) is 10.9. The predicted octanol–water partition coefficient (Wildman–Crippen LogP) is -0.146. The van der Waals surface area contributed by atoms with Crippen molar-refractivity contribution in [2.45, 2.75) is 32.1 Å². The van der Waals surface area contributed by atoms with Crippen LogP contribution in [0.5, 0.6) is 0 Å². The molecule has 0 aromatic rings. The molecule has 5 nitrogen and oxygen atoms in total. The number of likely N-dealkylation sites (N-methyl/N-ethyl adjacent to an activating group) is 1. The van der Waals surface area contributed by atoms with Crippen molar-refractivity contribution in [2.24, 2.45) is 0 Å². The molecule has 0 bridgehead atoms. The molecule has 6 heteroatoms. The largest absolute Gasteiger partial charge is 0.313 e. The van der Waals surface area contributed by atoms with Crippen molar-refractivity contribution < 1.29 is 8.42 Å². The normalized spacial score (nSPS) is 14.7. The molecule has 0 aliphatic carbocycles. The fraction of sp³-hybridized carbons (Fsp3) is 1.00.